The molecule has 0 aliphatic carbocycles. The number of likely N-dealkylation sites (N-methyl/N-ethyl adjacent to an activating group) is 1. The molecule has 0 fully saturated rings. The Morgan fingerprint density at radius 2 is 2.18 bits per heavy atom. The van der Waals surface area contributed by atoms with E-state index < -0.39 is 0 Å². The summed E-state index contributed by atoms with van der Waals surface area (Å²) in [5.41, 5.74) is 1.58. The van der Waals surface area contributed by atoms with Crippen molar-refractivity contribution < 1.29 is 9.53 Å². The Morgan fingerprint density at radius 1 is 1.47 bits per heavy atom. The highest BCUT2D eigenvalue weighted by atomic mass is 35.5. The largest absolute Gasteiger partial charge is 0.383 e. The number of Topliss-reactive ketones (excluding diaryl/α,β-unsaturated/α-hetero) is 1. The molecular weight excluding hydrogens is 238 g/mol. The number of carbonyl (C=O) groups is 1. The number of carbonyl (C=O) groups excluding carboxylic acids is 1. The van der Waals surface area contributed by atoms with E-state index in [1.165, 1.54) is 6.92 Å². The first-order chi connectivity index (χ1) is 8.10. The van der Waals surface area contributed by atoms with Crippen LogP contribution in [0.5, 0.6) is 0 Å². The second kappa shape index (κ2) is 6.62. The average molecular weight is 256 g/mol. The highest BCUT2D eigenvalue weighted by Gasteiger charge is 2.10. The number of ether oxygens (including phenoxy) is 1. The van der Waals surface area contributed by atoms with Gasteiger partial charge < -0.3 is 9.64 Å². The molecule has 4 heteroatoms. The van der Waals surface area contributed by atoms with E-state index >= 15 is 0 Å². The molecule has 0 saturated heterocycles. The molecule has 0 saturated carbocycles. The fourth-order valence-electron chi connectivity index (χ4n) is 1.63. The van der Waals surface area contributed by atoms with Crippen LogP contribution in [0.1, 0.15) is 24.2 Å². The van der Waals surface area contributed by atoms with Gasteiger partial charge in [0.1, 0.15) is 0 Å². The number of hydrogen-bond donors (Lipinski definition) is 0. The van der Waals surface area contributed by atoms with Crippen LogP contribution in [0, 0.1) is 0 Å². The van der Waals surface area contributed by atoms with Crippen LogP contribution < -0.4 is 4.90 Å². The lowest BCUT2D eigenvalue weighted by atomic mass is 10.1. The summed E-state index contributed by atoms with van der Waals surface area (Å²) in [6.45, 7) is 5.88. The minimum Gasteiger partial charge on any atom is -0.383 e. The van der Waals surface area contributed by atoms with Gasteiger partial charge in [-0.05, 0) is 32.0 Å². The first kappa shape index (κ1) is 14.0. The van der Waals surface area contributed by atoms with E-state index in [1.54, 1.807) is 19.2 Å². The maximum atomic E-state index is 11.2. The quantitative estimate of drug-likeness (QED) is 0.732. The minimum atomic E-state index is 0.0263. The lowest BCUT2D eigenvalue weighted by Gasteiger charge is -2.24. The molecule has 17 heavy (non-hydrogen) atoms. The molecule has 3 nitrogen and oxygen atoms in total. The molecule has 1 aromatic carbocycles. The maximum Gasteiger partial charge on any atom is 0.159 e. The third-order valence-corrected chi connectivity index (χ3v) is 2.94. The smallest absolute Gasteiger partial charge is 0.159 e. The number of anilines is 1. The summed E-state index contributed by atoms with van der Waals surface area (Å²) >= 11 is 6.19. The first-order valence-electron chi connectivity index (χ1n) is 5.64. The zero-order valence-corrected chi connectivity index (χ0v) is 11.3. The molecule has 94 valence electrons. The molecule has 0 aliphatic rings. The zero-order chi connectivity index (χ0) is 12.8. The molecule has 0 unspecified atom stereocenters. The summed E-state index contributed by atoms with van der Waals surface area (Å²) < 4.78 is 5.06. The number of rotatable bonds is 6. The van der Waals surface area contributed by atoms with E-state index in [4.69, 9.17) is 16.3 Å². The van der Waals surface area contributed by atoms with Gasteiger partial charge in [-0.15, -0.1) is 0 Å². The number of halogens is 1. The van der Waals surface area contributed by atoms with Crippen LogP contribution >= 0.6 is 11.6 Å². The molecule has 1 rings (SSSR count). The van der Waals surface area contributed by atoms with Gasteiger partial charge in [0.25, 0.3) is 0 Å². The Labute approximate surface area is 107 Å². The number of hydrogen-bond acceptors (Lipinski definition) is 3. The van der Waals surface area contributed by atoms with Crippen LogP contribution in [-0.2, 0) is 4.74 Å². The van der Waals surface area contributed by atoms with Crippen molar-refractivity contribution >= 4 is 23.1 Å². The first-order valence-corrected chi connectivity index (χ1v) is 6.02. The van der Waals surface area contributed by atoms with Crippen molar-refractivity contribution in [2.24, 2.45) is 0 Å². The molecular formula is C13H18ClNO2. The molecule has 0 atom stereocenters. The topological polar surface area (TPSA) is 29.5 Å². The van der Waals surface area contributed by atoms with E-state index in [0.29, 0.717) is 17.2 Å². The van der Waals surface area contributed by atoms with Gasteiger partial charge >= 0.3 is 0 Å². The van der Waals surface area contributed by atoms with Crippen molar-refractivity contribution in [3.63, 3.8) is 0 Å². The van der Waals surface area contributed by atoms with Crippen molar-refractivity contribution in [2.75, 3.05) is 31.7 Å². The van der Waals surface area contributed by atoms with E-state index in [9.17, 15) is 4.79 Å². The molecule has 0 aromatic heterocycles. The van der Waals surface area contributed by atoms with E-state index in [0.717, 1.165) is 18.8 Å². The Morgan fingerprint density at radius 3 is 2.65 bits per heavy atom. The van der Waals surface area contributed by atoms with E-state index in [-0.39, 0.29) is 5.78 Å². The summed E-state index contributed by atoms with van der Waals surface area (Å²) in [6.07, 6.45) is 0. The fourth-order valence-corrected chi connectivity index (χ4v) is 1.93. The second-order valence-electron chi connectivity index (χ2n) is 3.79. The molecule has 0 amide bonds. The average Bonchev–Trinajstić information content (AvgIpc) is 2.31. The van der Waals surface area contributed by atoms with Crippen LogP contribution in [0.15, 0.2) is 18.2 Å². The Kier molecular flexibility index (Phi) is 5.45. The van der Waals surface area contributed by atoms with Gasteiger partial charge in [-0.25, -0.2) is 0 Å². The normalized spacial score (nSPS) is 10.4. The number of benzene rings is 1. The predicted octanol–water partition coefficient (Wildman–Crippen LogP) is 3.02. The van der Waals surface area contributed by atoms with Gasteiger partial charge in [0.05, 0.1) is 17.3 Å². The monoisotopic (exact) mass is 255 g/mol. The fraction of sp³-hybridized carbons (Fsp3) is 0.462. The van der Waals surface area contributed by atoms with Crippen molar-refractivity contribution in [3.05, 3.63) is 28.8 Å². The third kappa shape index (κ3) is 3.72. The Hall–Kier alpha value is -1.06. The number of methoxy groups -OCH3 is 1. The maximum absolute atomic E-state index is 11.2. The molecule has 0 spiro atoms. The molecule has 0 heterocycles. The predicted molar refractivity (Wildman–Crippen MR) is 71.2 cm³/mol. The molecule has 1 aromatic rings. The summed E-state index contributed by atoms with van der Waals surface area (Å²) in [5, 5.41) is 0.607. The van der Waals surface area contributed by atoms with Gasteiger partial charge in [0.15, 0.2) is 5.78 Å². The van der Waals surface area contributed by atoms with Crippen molar-refractivity contribution in [3.8, 4) is 0 Å². The van der Waals surface area contributed by atoms with Gasteiger partial charge in [0.2, 0.25) is 0 Å². The van der Waals surface area contributed by atoms with Crippen LogP contribution in [0.3, 0.4) is 0 Å². The standard InChI is InChI=1S/C13H18ClNO2/c1-4-15(7-8-17-3)13-6-5-11(10(2)16)9-12(13)14/h5-6,9H,4,7-8H2,1-3H3. The number of nitrogens with zero attached hydrogens (tertiary/aromatic N) is 1. The van der Waals surface area contributed by atoms with Gasteiger partial charge in [-0.1, -0.05) is 11.6 Å². The van der Waals surface area contributed by atoms with Crippen LogP contribution in [-0.4, -0.2) is 32.6 Å². The summed E-state index contributed by atoms with van der Waals surface area (Å²) in [4.78, 5) is 13.3. The molecule has 0 bridgehead atoms. The summed E-state index contributed by atoms with van der Waals surface area (Å²) in [6, 6.07) is 5.41. The summed E-state index contributed by atoms with van der Waals surface area (Å²) in [7, 11) is 1.67. The van der Waals surface area contributed by atoms with Crippen molar-refractivity contribution in [2.45, 2.75) is 13.8 Å². The Balaban J connectivity index is 2.92. The van der Waals surface area contributed by atoms with Gasteiger partial charge in [-0.3, -0.25) is 4.79 Å². The second-order valence-corrected chi connectivity index (χ2v) is 4.20. The number of ketones is 1. The van der Waals surface area contributed by atoms with Crippen molar-refractivity contribution in [1.82, 2.24) is 0 Å². The van der Waals surface area contributed by atoms with Gasteiger partial charge in [-0.2, -0.15) is 0 Å². The van der Waals surface area contributed by atoms with E-state index in [2.05, 4.69) is 11.8 Å². The van der Waals surface area contributed by atoms with Crippen LogP contribution in [0.2, 0.25) is 5.02 Å². The van der Waals surface area contributed by atoms with E-state index in [1.807, 2.05) is 6.07 Å². The molecule has 0 radical (unpaired) electrons. The van der Waals surface area contributed by atoms with Crippen molar-refractivity contribution in [1.29, 1.82) is 0 Å². The highest BCUT2D eigenvalue weighted by molar-refractivity contribution is 6.33. The van der Waals surface area contributed by atoms with Crippen LogP contribution in [0.4, 0.5) is 5.69 Å². The lowest BCUT2D eigenvalue weighted by Crippen LogP contribution is -2.27. The van der Waals surface area contributed by atoms with Gasteiger partial charge in [0, 0.05) is 25.8 Å². The summed E-state index contributed by atoms with van der Waals surface area (Å²) in [5.74, 6) is 0.0263. The molecule has 0 N–H and O–H groups in total. The third-order valence-electron chi connectivity index (χ3n) is 2.64. The highest BCUT2D eigenvalue weighted by Crippen LogP contribution is 2.26. The SMILES string of the molecule is CCN(CCOC)c1ccc(C(C)=O)cc1Cl. The minimum absolute atomic E-state index is 0.0263. The Bertz CT molecular complexity index is 393. The van der Waals surface area contributed by atoms with Crippen LogP contribution in [0.25, 0.3) is 0 Å². The lowest BCUT2D eigenvalue weighted by molar-refractivity contribution is 0.101. The zero-order valence-electron chi connectivity index (χ0n) is 10.5. The molecule has 0 aliphatic heterocycles.